The molecule has 0 unspecified atom stereocenters. The minimum Gasteiger partial charge on any atom is -0.368 e. The summed E-state index contributed by atoms with van der Waals surface area (Å²) in [6.07, 6.45) is 6.92. The lowest BCUT2D eigenvalue weighted by Crippen LogP contribution is -2.12. The van der Waals surface area contributed by atoms with Crippen molar-refractivity contribution in [1.29, 1.82) is 0 Å². The van der Waals surface area contributed by atoms with E-state index in [4.69, 9.17) is 0 Å². The zero-order chi connectivity index (χ0) is 10.7. The summed E-state index contributed by atoms with van der Waals surface area (Å²) in [6, 6.07) is 2.20. The highest BCUT2D eigenvalue weighted by Crippen LogP contribution is 2.06. The van der Waals surface area contributed by atoms with E-state index in [1.54, 1.807) is 23.3 Å². The van der Waals surface area contributed by atoms with Crippen molar-refractivity contribution >= 4 is 5.82 Å². The van der Waals surface area contributed by atoms with Crippen LogP contribution in [0.5, 0.6) is 0 Å². The molecule has 0 aliphatic carbocycles. The van der Waals surface area contributed by atoms with Crippen molar-refractivity contribution in [2.24, 2.45) is 0 Å². The first-order chi connectivity index (χ1) is 7.25. The number of nitrogens with zero attached hydrogens (tertiary/aromatic N) is 4. The average molecular weight is 203 g/mol. The fourth-order valence-electron chi connectivity index (χ4n) is 1.23. The van der Waals surface area contributed by atoms with E-state index in [-0.39, 0.29) is 0 Å². The van der Waals surface area contributed by atoms with Gasteiger partial charge in [-0.1, -0.05) is 0 Å². The first kappa shape index (κ1) is 9.64. The van der Waals surface area contributed by atoms with Gasteiger partial charge in [-0.2, -0.15) is 4.98 Å². The molecule has 2 aromatic heterocycles. The Morgan fingerprint density at radius 2 is 2.20 bits per heavy atom. The maximum absolute atomic E-state index is 4.36. The van der Waals surface area contributed by atoms with Crippen LogP contribution in [-0.2, 0) is 0 Å². The van der Waals surface area contributed by atoms with Gasteiger partial charge in [0, 0.05) is 24.6 Å². The molecular formula is C10H13N5. The highest BCUT2D eigenvalue weighted by molar-refractivity contribution is 5.36. The first-order valence-corrected chi connectivity index (χ1v) is 4.83. The van der Waals surface area contributed by atoms with Crippen molar-refractivity contribution in [1.82, 2.24) is 19.5 Å². The predicted octanol–water partition coefficient (Wildman–Crippen LogP) is 1.48. The molecule has 0 fully saturated rings. The number of aromatic nitrogens is 4. The van der Waals surface area contributed by atoms with E-state index in [9.17, 15) is 0 Å². The van der Waals surface area contributed by atoms with E-state index in [1.807, 2.05) is 12.3 Å². The van der Waals surface area contributed by atoms with Crippen LogP contribution >= 0.6 is 0 Å². The molecule has 0 amide bonds. The van der Waals surface area contributed by atoms with Gasteiger partial charge < -0.3 is 5.32 Å². The standard InChI is InChI=1S/C10H13N5/c1-8(2)13-9-3-4-12-10(14-9)15-6-5-11-7-15/h3-8H,1-2H3,(H,12,13,14). The topological polar surface area (TPSA) is 55.6 Å². The third-order valence-electron chi connectivity index (χ3n) is 1.81. The lowest BCUT2D eigenvalue weighted by Gasteiger charge is -2.09. The molecule has 0 spiro atoms. The fourth-order valence-corrected chi connectivity index (χ4v) is 1.23. The van der Waals surface area contributed by atoms with E-state index >= 15 is 0 Å². The molecule has 0 aliphatic rings. The van der Waals surface area contributed by atoms with Crippen molar-refractivity contribution in [3.63, 3.8) is 0 Å². The van der Waals surface area contributed by atoms with Crippen molar-refractivity contribution in [3.05, 3.63) is 31.0 Å². The molecule has 5 nitrogen and oxygen atoms in total. The number of nitrogens with one attached hydrogen (secondary N) is 1. The molecule has 0 aliphatic heterocycles. The van der Waals surface area contributed by atoms with Gasteiger partial charge >= 0.3 is 0 Å². The zero-order valence-electron chi connectivity index (χ0n) is 8.75. The Balaban J connectivity index is 2.27. The number of anilines is 1. The Kier molecular flexibility index (Phi) is 2.62. The van der Waals surface area contributed by atoms with Crippen LogP contribution in [0, 0.1) is 0 Å². The molecular weight excluding hydrogens is 190 g/mol. The second-order valence-corrected chi connectivity index (χ2v) is 3.51. The van der Waals surface area contributed by atoms with E-state index < -0.39 is 0 Å². The summed E-state index contributed by atoms with van der Waals surface area (Å²) in [4.78, 5) is 12.5. The molecule has 0 saturated heterocycles. The molecule has 5 heteroatoms. The minimum atomic E-state index is 0.357. The summed E-state index contributed by atoms with van der Waals surface area (Å²) < 4.78 is 1.77. The van der Waals surface area contributed by atoms with Gasteiger partial charge in [0.05, 0.1) is 0 Å². The van der Waals surface area contributed by atoms with E-state index in [1.165, 1.54) is 0 Å². The van der Waals surface area contributed by atoms with E-state index in [0.29, 0.717) is 12.0 Å². The monoisotopic (exact) mass is 203 g/mol. The Morgan fingerprint density at radius 1 is 1.33 bits per heavy atom. The van der Waals surface area contributed by atoms with Gasteiger partial charge in [-0.25, -0.2) is 9.97 Å². The average Bonchev–Trinajstić information content (AvgIpc) is 2.69. The van der Waals surface area contributed by atoms with Gasteiger partial charge in [0.15, 0.2) is 0 Å². The number of hydrogen-bond donors (Lipinski definition) is 1. The van der Waals surface area contributed by atoms with Gasteiger partial charge in [0.2, 0.25) is 5.95 Å². The molecule has 2 aromatic rings. The van der Waals surface area contributed by atoms with Gasteiger partial charge in [0.1, 0.15) is 12.1 Å². The Labute approximate surface area is 88.2 Å². The summed E-state index contributed by atoms with van der Waals surface area (Å²) in [5, 5.41) is 3.22. The smallest absolute Gasteiger partial charge is 0.236 e. The summed E-state index contributed by atoms with van der Waals surface area (Å²) >= 11 is 0. The van der Waals surface area contributed by atoms with Crippen LogP contribution in [0.4, 0.5) is 5.82 Å². The molecule has 2 heterocycles. The SMILES string of the molecule is CC(C)Nc1ccnc(-n2ccnc2)n1. The number of rotatable bonds is 3. The third-order valence-corrected chi connectivity index (χ3v) is 1.81. The van der Waals surface area contributed by atoms with Crippen LogP contribution in [0.2, 0.25) is 0 Å². The van der Waals surface area contributed by atoms with E-state index in [0.717, 1.165) is 5.82 Å². The van der Waals surface area contributed by atoms with E-state index in [2.05, 4.69) is 34.1 Å². The lowest BCUT2D eigenvalue weighted by atomic mass is 10.4. The van der Waals surface area contributed by atoms with Gasteiger partial charge in [-0.05, 0) is 19.9 Å². The normalized spacial score (nSPS) is 10.6. The zero-order valence-corrected chi connectivity index (χ0v) is 8.75. The van der Waals surface area contributed by atoms with Crippen molar-refractivity contribution in [2.45, 2.75) is 19.9 Å². The van der Waals surface area contributed by atoms with Gasteiger partial charge in [-0.15, -0.1) is 0 Å². The quantitative estimate of drug-likeness (QED) is 0.821. The molecule has 0 bridgehead atoms. The highest BCUT2D eigenvalue weighted by atomic mass is 15.2. The highest BCUT2D eigenvalue weighted by Gasteiger charge is 2.01. The number of imidazole rings is 1. The fraction of sp³-hybridized carbons (Fsp3) is 0.300. The first-order valence-electron chi connectivity index (χ1n) is 4.83. The van der Waals surface area contributed by atoms with Crippen molar-refractivity contribution in [3.8, 4) is 5.95 Å². The molecule has 78 valence electrons. The van der Waals surface area contributed by atoms with Crippen LogP contribution in [0.1, 0.15) is 13.8 Å². The van der Waals surface area contributed by atoms with Crippen LogP contribution in [0.25, 0.3) is 5.95 Å². The second-order valence-electron chi connectivity index (χ2n) is 3.51. The largest absolute Gasteiger partial charge is 0.368 e. The molecule has 0 radical (unpaired) electrons. The Bertz CT molecular complexity index is 421. The van der Waals surface area contributed by atoms with Crippen molar-refractivity contribution in [2.75, 3.05) is 5.32 Å². The summed E-state index contributed by atoms with van der Waals surface area (Å²) in [5.41, 5.74) is 0. The maximum atomic E-state index is 4.36. The minimum absolute atomic E-state index is 0.357. The predicted molar refractivity (Wildman–Crippen MR) is 57.9 cm³/mol. The molecule has 1 N–H and O–H groups in total. The number of hydrogen-bond acceptors (Lipinski definition) is 4. The third kappa shape index (κ3) is 2.31. The van der Waals surface area contributed by atoms with Crippen molar-refractivity contribution < 1.29 is 0 Å². The Hall–Kier alpha value is -1.91. The maximum Gasteiger partial charge on any atom is 0.236 e. The van der Waals surface area contributed by atoms with Gasteiger partial charge in [0.25, 0.3) is 0 Å². The molecule has 0 aromatic carbocycles. The molecule has 15 heavy (non-hydrogen) atoms. The lowest BCUT2D eigenvalue weighted by molar-refractivity contribution is 0.869. The molecule has 0 saturated carbocycles. The van der Waals surface area contributed by atoms with Crippen LogP contribution in [0.3, 0.4) is 0 Å². The molecule has 0 atom stereocenters. The van der Waals surface area contributed by atoms with Crippen LogP contribution in [-0.4, -0.2) is 25.6 Å². The second kappa shape index (κ2) is 4.08. The summed E-state index contributed by atoms with van der Waals surface area (Å²) in [7, 11) is 0. The van der Waals surface area contributed by atoms with Gasteiger partial charge in [-0.3, -0.25) is 4.57 Å². The Morgan fingerprint density at radius 3 is 2.87 bits per heavy atom. The van der Waals surface area contributed by atoms with Crippen LogP contribution in [0.15, 0.2) is 31.0 Å². The molecule has 2 rings (SSSR count). The summed E-state index contributed by atoms with van der Waals surface area (Å²) in [6.45, 7) is 4.14. The van der Waals surface area contributed by atoms with Crippen LogP contribution < -0.4 is 5.32 Å². The summed E-state index contributed by atoms with van der Waals surface area (Å²) in [5.74, 6) is 1.45.